The Kier molecular flexibility index (Phi) is 2.69. The van der Waals surface area contributed by atoms with Gasteiger partial charge in [-0.3, -0.25) is 4.98 Å². The zero-order chi connectivity index (χ0) is 10.8. The van der Waals surface area contributed by atoms with Crippen molar-refractivity contribution < 1.29 is 5.11 Å². The number of nitrogens with zero attached hydrogens (tertiary/aromatic N) is 1. The van der Waals surface area contributed by atoms with Crippen LogP contribution in [0.15, 0.2) is 30.6 Å². The van der Waals surface area contributed by atoms with Crippen LogP contribution in [0.4, 0.5) is 0 Å². The fraction of sp³-hybridized carbons (Fsp3) is 0.308. The number of aryl methyl sites for hydroxylation is 1. The zero-order valence-corrected chi connectivity index (χ0v) is 9.07. The number of benzene rings is 1. The van der Waals surface area contributed by atoms with Crippen molar-refractivity contribution in [3.63, 3.8) is 0 Å². The molecule has 0 radical (unpaired) electrons. The van der Waals surface area contributed by atoms with E-state index >= 15 is 0 Å². The van der Waals surface area contributed by atoms with Crippen molar-refractivity contribution in [2.24, 2.45) is 0 Å². The maximum atomic E-state index is 9.32. The van der Waals surface area contributed by atoms with E-state index in [1.807, 2.05) is 12.4 Å². The first-order valence-corrected chi connectivity index (χ1v) is 5.18. The Labute approximate surface area is 89.6 Å². The van der Waals surface area contributed by atoms with Gasteiger partial charge in [0, 0.05) is 17.8 Å². The van der Waals surface area contributed by atoms with E-state index in [9.17, 15) is 5.11 Å². The van der Waals surface area contributed by atoms with Crippen LogP contribution in [0.3, 0.4) is 0 Å². The normalized spacial score (nSPS) is 13.0. The van der Waals surface area contributed by atoms with Crippen molar-refractivity contribution in [1.29, 1.82) is 0 Å². The van der Waals surface area contributed by atoms with Gasteiger partial charge < -0.3 is 5.11 Å². The van der Waals surface area contributed by atoms with Crippen molar-refractivity contribution in [2.45, 2.75) is 26.4 Å². The van der Waals surface area contributed by atoms with Crippen molar-refractivity contribution in [3.8, 4) is 0 Å². The summed E-state index contributed by atoms with van der Waals surface area (Å²) in [5.41, 5.74) is 2.35. The maximum Gasteiger partial charge on any atom is 0.0552 e. The summed E-state index contributed by atoms with van der Waals surface area (Å²) in [7, 11) is 0. The SMILES string of the molecule is Cc1cncc2cc(CC(C)O)ccc12. The summed E-state index contributed by atoms with van der Waals surface area (Å²) in [5, 5.41) is 11.7. The van der Waals surface area contributed by atoms with Crippen molar-refractivity contribution in [3.05, 3.63) is 41.7 Å². The standard InChI is InChI=1S/C13H15NO/c1-9-7-14-8-12-6-11(5-10(2)15)3-4-13(9)12/h3-4,6-8,10,15H,5H2,1-2H3. The molecule has 2 rings (SSSR count). The molecule has 0 amide bonds. The molecule has 0 saturated carbocycles. The first-order chi connectivity index (χ1) is 7.16. The second-order valence-electron chi connectivity index (χ2n) is 4.07. The molecule has 0 aliphatic carbocycles. The molecule has 1 N–H and O–H groups in total. The highest BCUT2D eigenvalue weighted by Crippen LogP contribution is 2.19. The van der Waals surface area contributed by atoms with Gasteiger partial charge in [-0.1, -0.05) is 12.1 Å². The summed E-state index contributed by atoms with van der Waals surface area (Å²) in [6.45, 7) is 3.86. The molecule has 0 aliphatic rings. The molecule has 2 heteroatoms. The number of hydrogen-bond acceptors (Lipinski definition) is 2. The topological polar surface area (TPSA) is 33.1 Å². The third-order valence-corrected chi connectivity index (χ3v) is 2.55. The molecular formula is C13H15NO. The van der Waals surface area contributed by atoms with E-state index in [0.29, 0.717) is 6.42 Å². The van der Waals surface area contributed by atoms with Crippen molar-refractivity contribution in [2.75, 3.05) is 0 Å². The van der Waals surface area contributed by atoms with Crippen LogP contribution >= 0.6 is 0 Å². The average Bonchev–Trinajstić information content (AvgIpc) is 2.17. The predicted octanol–water partition coefficient (Wildman–Crippen LogP) is 2.47. The van der Waals surface area contributed by atoms with Crippen LogP contribution in [0.1, 0.15) is 18.1 Å². The molecule has 15 heavy (non-hydrogen) atoms. The Hall–Kier alpha value is -1.41. The van der Waals surface area contributed by atoms with E-state index in [1.54, 1.807) is 6.92 Å². The Bertz CT molecular complexity index is 477. The van der Waals surface area contributed by atoms with E-state index < -0.39 is 0 Å². The van der Waals surface area contributed by atoms with Crippen molar-refractivity contribution in [1.82, 2.24) is 4.98 Å². The van der Waals surface area contributed by atoms with Gasteiger partial charge in [0.15, 0.2) is 0 Å². The Balaban J connectivity index is 2.48. The van der Waals surface area contributed by atoms with E-state index in [2.05, 4.69) is 30.1 Å². The van der Waals surface area contributed by atoms with Gasteiger partial charge in [0.05, 0.1) is 6.10 Å². The summed E-state index contributed by atoms with van der Waals surface area (Å²) < 4.78 is 0. The van der Waals surface area contributed by atoms with E-state index in [4.69, 9.17) is 0 Å². The molecule has 1 aromatic carbocycles. The molecule has 0 saturated heterocycles. The third kappa shape index (κ3) is 2.16. The summed E-state index contributed by atoms with van der Waals surface area (Å²) >= 11 is 0. The van der Waals surface area contributed by atoms with Crippen LogP contribution in [0.2, 0.25) is 0 Å². The predicted molar refractivity (Wildman–Crippen MR) is 61.9 cm³/mol. The second-order valence-corrected chi connectivity index (χ2v) is 4.07. The molecule has 2 nitrogen and oxygen atoms in total. The highest BCUT2D eigenvalue weighted by Gasteiger charge is 2.02. The number of aliphatic hydroxyl groups excluding tert-OH is 1. The smallest absolute Gasteiger partial charge is 0.0552 e. The average molecular weight is 201 g/mol. The number of hydrogen-bond donors (Lipinski definition) is 1. The summed E-state index contributed by atoms with van der Waals surface area (Å²) in [6.07, 6.45) is 4.15. The Morgan fingerprint density at radius 1 is 1.33 bits per heavy atom. The number of aromatic nitrogens is 1. The number of pyridine rings is 1. The van der Waals surface area contributed by atoms with Crippen LogP contribution in [0.5, 0.6) is 0 Å². The van der Waals surface area contributed by atoms with Gasteiger partial charge >= 0.3 is 0 Å². The van der Waals surface area contributed by atoms with Gasteiger partial charge in [0.1, 0.15) is 0 Å². The minimum absolute atomic E-state index is 0.291. The quantitative estimate of drug-likeness (QED) is 0.809. The van der Waals surface area contributed by atoms with Gasteiger partial charge in [-0.2, -0.15) is 0 Å². The van der Waals surface area contributed by atoms with E-state index in [1.165, 1.54) is 10.9 Å². The fourth-order valence-electron chi connectivity index (χ4n) is 1.85. The van der Waals surface area contributed by atoms with Crippen LogP contribution in [0, 0.1) is 6.92 Å². The second kappa shape index (κ2) is 3.99. The van der Waals surface area contributed by atoms with E-state index in [0.717, 1.165) is 10.9 Å². The van der Waals surface area contributed by atoms with Gasteiger partial charge in [0.25, 0.3) is 0 Å². The molecule has 0 fully saturated rings. The van der Waals surface area contributed by atoms with Gasteiger partial charge in [-0.15, -0.1) is 0 Å². The lowest BCUT2D eigenvalue weighted by atomic mass is 10.0. The zero-order valence-electron chi connectivity index (χ0n) is 9.07. The summed E-state index contributed by atoms with van der Waals surface area (Å²) in [6, 6.07) is 6.27. The van der Waals surface area contributed by atoms with Crippen molar-refractivity contribution >= 4 is 10.8 Å². The van der Waals surface area contributed by atoms with Crippen LogP contribution in [-0.2, 0) is 6.42 Å². The molecular weight excluding hydrogens is 186 g/mol. The maximum absolute atomic E-state index is 9.32. The minimum Gasteiger partial charge on any atom is -0.393 e. The molecule has 1 atom stereocenters. The third-order valence-electron chi connectivity index (χ3n) is 2.55. The Morgan fingerprint density at radius 3 is 2.87 bits per heavy atom. The monoisotopic (exact) mass is 201 g/mol. The highest BCUT2D eigenvalue weighted by atomic mass is 16.3. The lowest BCUT2D eigenvalue weighted by Gasteiger charge is -2.06. The molecule has 1 unspecified atom stereocenters. The molecule has 1 heterocycles. The van der Waals surface area contributed by atoms with Gasteiger partial charge in [-0.25, -0.2) is 0 Å². The van der Waals surface area contributed by atoms with Crippen LogP contribution in [-0.4, -0.2) is 16.2 Å². The highest BCUT2D eigenvalue weighted by molar-refractivity contribution is 5.85. The van der Waals surface area contributed by atoms with Crippen LogP contribution in [0.25, 0.3) is 10.8 Å². The lowest BCUT2D eigenvalue weighted by Crippen LogP contribution is -2.03. The summed E-state index contributed by atoms with van der Waals surface area (Å²) in [5.74, 6) is 0. The number of aliphatic hydroxyl groups is 1. The number of rotatable bonds is 2. The molecule has 0 spiro atoms. The molecule has 0 aliphatic heterocycles. The van der Waals surface area contributed by atoms with Gasteiger partial charge in [-0.05, 0) is 42.8 Å². The molecule has 1 aromatic heterocycles. The summed E-state index contributed by atoms with van der Waals surface area (Å²) in [4.78, 5) is 4.17. The largest absolute Gasteiger partial charge is 0.393 e. The molecule has 0 bridgehead atoms. The molecule has 78 valence electrons. The fourth-order valence-corrected chi connectivity index (χ4v) is 1.85. The molecule has 2 aromatic rings. The van der Waals surface area contributed by atoms with Gasteiger partial charge in [0.2, 0.25) is 0 Å². The minimum atomic E-state index is -0.291. The van der Waals surface area contributed by atoms with E-state index in [-0.39, 0.29) is 6.10 Å². The first kappa shape index (κ1) is 10.1. The first-order valence-electron chi connectivity index (χ1n) is 5.18. The number of fused-ring (bicyclic) bond motifs is 1. The lowest BCUT2D eigenvalue weighted by molar-refractivity contribution is 0.195. The van der Waals surface area contributed by atoms with Crippen LogP contribution < -0.4 is 0 Å². The Morgan fingerprint density at radius 2 is 2.13 bits per heavy atom.